The summed E-state index contributed by atoms with van der Waals surface area (Å²) in [5.74, 6) is 0. The number of hydrogen-bond acceptors (Lipinski definition) is 1. The van der Waals surface area contributed by atoms with Crippen LogP contribution in [0.2, 0.25) is 20.2 Å². The first-order valence-electron chi connectivity index (χ1n) is 5.08. The van der Waals surface area contributed by atoms with Crippen LogP contribution in [0.1, 0.15) is 5.56 Å². The zero-order valence-corrected chi connectivity index (χ0v) is 12.4. The lowest BCUT2D eigenvalue weighted by molar-refractivity contribution is -0.137. The van der Waals surface area contributed by atoms with Gasteiger partial charge in [-0.1, -0.05) is 46.4 Å². The van der Waals surface area contributed by atoms with Gasteiger partial charge in [0, 0.05) is 22.3 Å². The number of benzene rings is 1. The maximum Gasteiger partial charge on any atom is 0.417 e. The molecule has 0 saturated carbocycles. The van der Waals surface area contributed by atoms with Gasteiger partial charge < -0.3 is 0 Å². The Morgan fingerprint density at radius 2 is 1.55 bits per heavy atom. The second-order valence-corrected chi connectivity index (χ2v) is 5.39. The van der Waals surface area contributed by atoms with Crippen LogP contribution >= 0.6 is 46.4 Å². The fourth-order valence-electron chi connectivity index (χ4n) is 1.54. The molecule has 1 aromatic heterocycles. The molecule has 2 rings (SSSR count). The third-order valence-electron chi connectivity index (χ3n) is 2.45. The summed E-state index contributed by atoms with van der Waals surface area (Å²) in [4.78, 5) is 3.52. The number of hydrogen-bond donors (Lipinski definition) is 0. The molecule has 0 N–H and O–H groups in total. The molecule has 0 atom stereocenters. The van der Waals surface area contributed by atoms with Gasteiger partial charge in [-0.3, -0.25) is 0 Å². The van der Waals surface area contributed by atoms with E-state index >= 15 is 0 Å². The fourth-order valence-corrected chi connectivity index (χ4v) is 2.45. The largest absolute Gasteiger partial charge is 0.417 e. The molecule has 1 nitrogen and oxygen atoms in total. The topological polar surface area (TPSA) is 12.9 Å². The Hall–Kier alpha value is -0.680. The van der Waals surface area contributed by atoms with E-state index in [1.54, 1.807) is 0 Å². The van der Waals surface area contributed by atoms with Crippen LogP contribution in [0, 0.1) is 0 Å². The minimum Gasteiger partial charge on any atom is -0.243 e. The van der Waals surface area contributed by atoms with Crippen molar-refractivity contribution in [3.63, 3.8) is 0 Å². The third-order valence-corrected chi connectivity index (χ3v) is 3.77. The molecular formula is C12H4Cl4F3N. The number of alkyl halides is 3. The Bertz CT molecular complexity index is 670. The average molecular weight is 361 g/mol. The zero-order valence-electron chi connectivity index (χ0n) is 9.40. The van der Waals surface area contributed by atoms with Crippen LogP contribution in [0.4, 0.5) is 13.2 Å². The number of aromatic nitrogens is 1. The molecule has 0 spiro atoms. The van der Waals surface area contributed by atoms with Gasteiger partial charge in [0.15, 0.2) is 0 Å². The summed E-state index contributed by atoms with van der Waals surface area (Å²) in [6.45, 7) is 0. The lowest BCUT2D eigenvalue weighted by Crippen LogP contribution is -2.06. The standard InChI is InChI=1S/C12H4Cl4F3N/c13-6-2-7(10(15)9(14)3-6)8-1-5(12(17,18)19)4-20-11(8)16/h1-4H. The monoisotopic (exact) mass is 359 g/mol. The molecular weight excluding hydrogens is 357 g/mol. The molecule has 0 bridgehead atoms. The van der Waals surface area contributed by atoms with Gasteiger partial charge in [0.05, 0.1) is 15.6 Å². The van der Waals surface area contributed by atoms with Crippen molar-refractivity contribution in [2.24, 2.45) is 0 Å². The first kappa shape index (κ1) is 15.7. The van der Waals surface area contributed by atoms with Crippen LogP contribution in [-0.2, 0) is 6.18 Å². The summed E-state index contributed by atoms with van der Waals surface area (Å²) in [5, 5.41) is 0.267. The third kappa shape index (κ3) is 3.14. The highest BCUT2D eigenvalue weighted by molar-refractivity contribution is 6.45. The summed E-state index contributed by atoms with van der Waals surface area (Å²) >= 11 is 23.5. The van der Waals surface area contributed by atoms with Gasteiger partial charge in [-0.15, -0.1) is 0 Å². The average Bonchev–Trinajstić information content (AvgIpc) is 2.33. The highest BCUT2D eigenvalue weighted by Crippen LogP contribution is 2.40. The van der Waals surface area contributed by atoms with Gasteiger partial charge in [-0.05, 0) is 18.2 Å². The number of pyridine rings is 1. The van der Waals surface area contributed by atoms with E-state index in [0.717, 1.165) is 6.07 Å². The van der Waals surface area contributed by atoms with Crippen LogP contribution in [0.25, 0.3) is 11.1 Å². The van der Waals surface area contributed by atoms with Crippen molar-refractivity contribution in [2.75, 3.05) is 0 Å². The van der Waals surface area contributed by atoms with E-state index in [2.05, 4.69) is 4.98 Å². The molecule has 1 aromatic carbocycles. The van der Waals surface area contributed by atoms with Crippen LogP contribution in [0.15, 0.2) is 24.4 Å². The minimum absolute atomic E-state index is 0.0101. The van der Waals surface area contributed by atoms with E-state index in [9.17, 15) is 13.2 Å². The lowest BCUT2D eigenvalue weighted by Gasteiger charge is -2.12. The molecule has 0 saturated heterocycles. The van der Waals surface area contributed by atoms with E-state index in [4.69, 9.17) is 46.4 Å². The maximum atomic E-state index is 12.7. The molecule has 0 fully saturated rings. The molecule has 20 heavy (non-hydrogen) atoms. The molecule has 1 heterocycles. The van der Waals surface area contributed by atoms with Crippen molar-refractivity contribution < 1.29 is 13.2 Å². The van der Waals surface area contributed by atoms with Crippen LogP contribution in [0.3, 0.4) is 0 Å². The number of halogens is 7. The highest BCUT2D eigenvalue weighted by Gasteiger charge is 2.32. The Kier molecular flexibility index (Phi) is 4.40. The molecule has 8 heteroatoms. The van der Waals surface area contributed by atoms with Gasteiger partial charge in [-0.2, -0.15) is 13.2 Å². The molecule has 0 aliphatic heterocycles. The van der Waals surface area contributed by atoms with Crippen LogP contribution in [-0.4, -0.2) is 4.98 Å². The Morgan fingerprint density at radius 1 is 0.900 bits per heavy atom. The number of nitrogens with zero attached hydrogens (tertiary/aromatic N) is 1. The highest BCUT2D eigenvalue weighted by atomic mass is 35.5. The number of rotatable bonds is 1. The SMILES string of the molecule is FC(F)(F)c1cnc(Cl)c(-c2cc(Cl)cc(Cl)c2Cl)c1. The lowest BCUT2D eigenvalue weighted by atomic mass is 10.1. The summed E-state index contributed by atoms with van der Waals surface area (Å²) in [6.07, 6.45) is -3.90. The van der Waals surface area contributed by atoms with Gasteiger partial charge >= 0.3 is 6.18 Å². The van der Waals surface area contributed by atoms with Gasteiger partial charge in [0.2, 0.25) is 0 Å². The molecule has 0 amide bonds. The van der Waals surface area contributed by atoms with Gasteiger partial charge in [-0.25, -0.2) is 4.98 Å². The first-order chi connectivity index (χ1) is 9.20. The van der Waals surface area contributed by atoms with Crippen molar-refractivity contribution >= 4 is 46.4 Å². The molecule has 2 aromatic rings. The Morgan fingerprint density at radius 3 is 2.15 bits per heavy atom. The molecule has 0 unspecified atom stereocenters. The quantitative estimate of drug-likeness (QED) is 0.424. The zero-order chi connectivity index (χ0) is 15.1. The second-order valence-electron chi connectivity index (χ2n) is 3.81. The van der Waals surface area contributed by atoms with Crippen molar-refractivity contribution in [1.82, 2.24) is 4.98 Å². The van der Waals surface area contributed by atoms with Crippen molar-refractivity contribution in [1.29, 1.82) is 0 Å². The van der Waals surface area contributed by atoms with Crippen molar-refractivity contribution in [3.8, 4) is 11.1 Å². The Labute approximate surface area is 132 Å². The smallest absolute Gasteiger partial charge is 0.243 e. The molecule has 0 aliphatic carbocycles. The summed E-state index contributed by atoms with van der Waals surface area (Å²) in [5.41, 5.74) is -0.743. The van der Waals surface area contributed by atoms with E-state index in [1.807, 2.05) is 0 Å². The Balaban J connectivity index is 2.70. The van der Waals surface area contributed by atoms with E-state index in [-0.39, 0.29) is 31.3 Å². The second kappa shape index (κ2) is 5.60. The van der Waals surface area contributed by atoms with Gasteiger partial charge in [0.25, 0.3) is 0 Å². The van der Waals surface area contributed by atoms with Crippen LogP contribution in [0.5, 0.6) is 0 Å². The normalized spacial score (nSPS) is 11.8. The molecule has 0 aliphatic rings. The molecule has 106 valence electrons. The first-order valence-corrected chi connectivity index (χ1v) is 6.59. The minimum atomic E-state index is -4.54. The summed E-state index contributed by atoms with van der Waals surface area (Å²) < 4.78 is 38.1. The van der Waals surface area contributed by atoms with E-state index < -0.39 is 11.7 Å². The fraction of sp³-hybridized carbons (Fsp3) is 0.0833. The summed E-state index contributed by atoms with van der Waals surface area (Å²) in [7, 11) is 0. The molecule has 0 radical (unpaired) electrons. The predicted molar refractivity (Wildman–Crippen MR) is 74.7 cm³/mol. The summed E-state index contributed by atoms with van der Waals surface area (Å²) in [6, 6.07) is 3.60. The van der Waals surface area contributed by atoms with E-state index in [1.165, 1.54) is 12.1 Å². The van der Waals surface area contributed by atoms with Crippen molar-refractivity contribution in [2.45, 2.75) is 6.18 Å². The maximum absolute atomic E-state index is 12.7. The van der Waals surface area contributed by atoms with Crippen LogP contribution < -0.4 is 0 Å². The van der Waals surface area contributed by atoms with Gasteiger partial charge in [0.1, 0.15) is 5.15 Å². The van der Waals surface area contributed by atoms with Crippen molar-refractivity contribution in [3.05, 3.63) is 50.2 Å². The predicted octanol–water partition coefficient (Wildman–Crippen LogP) is 6.38. The van der Waals surface area contributed by atoms with E-state index in [0.29, 0.717) is 6.20 Å².